The van der Waals surface area contributed by atoms with Crippen molar-refractivity contribution in [2.24, 2.45) is 0 Å². The molecule has 0 saturated carbocycles. The topological polar surface area (TPSA) is 44.1 Å². The minimum absolute atomic E-state index is 0.190. The van der Waals surface area contributed by atoms with Crippen LogP contribution in [-0.2, 0) is 4.74 Å². The number of nitrogens with zero attached hydrogens (tertiary/aromatic N) is 2. The standard InChI is InChI=1S/C17H12BrFN2O2/c1-23-17(22)15-10-21(14-8-4-12(18)5-9-14)16(20-15)11-2-6-13(19)7-3-11/h2-10H,1H3. The number of benzene rings is 2. The number of halogens is 2. The molecule has 6 heteroatoms. The Morgan fingerprint density at radius 2 is 1.78 bits per heavy atom. The number of aromatic nitrogens is 2. The Kier molecular flexibility index (Phi) is 4.25. The van der Waals surface area contributed by atoms with Gasteiger partial charge in [0.15, 0.2) is 5.69 Å². The molecule has 0 N–H and O–H groups in total. The highest BCUT2D eigenvalue weighted by Gasteiger charge is 2.17. The van der Waals surface area contributed by atoms with E-state index < -0.39 is 5.97 Å². The molecule has 0 spiro atoms. The predicted molar refractivity (Wildman–Crippen MR) is 88.0 cm³/mol. The minimum atomic E-state index is -0.524. The molecule has 0 atom stereocenters. The van der Waals surface area contributed by atoms with Crippen LogP contribution >= 0.6 is 15.9 Å². The first-order chi connectivity index (χ1) is 11.1. The summed E-state index contributed by atoms with van der Waals surface area (Å²) in [7, 11) is 1.30. The summed E-state index contributed by atoms with van der Waals surface area (Å²) in [5.74, 6) is -0.319. The van der Waals surface area contributed by atoms with Gasteiger partial charge in [0.1, 0.15) is 11.6 Å². The van der Waals surface area contributed by atoms with Crippen molar-refractivity contribution in [3.05, 3.63) is 70.7 Å². The first-order valence-corrected chi connectivity index (χ1v) is 7.57. The number of carbonyl (C=O) groups is 1. The van der Waals surface area contributed by atoms with E-state index in [-0.39, 0.29) is 11.5 Å². The number of ether oxygens (including phenoxy) is 1. The van der Waals surface area contributed by atoms with Crippen LogP contribution in [0.15, 0.2) is 59.2 Å². The molecule has 0 aliphatic rings. The Bertz CT molecular complexity index is 779. The number of methoxy groups -OCH3 is 1. The number of hydrogen-bond donors (Lipinski definition) is 0. The molecule has 0 amide bonds. The van der Waals surface area contributed by atoms with Gasteiger partial charge in [0.2, 0.25) is 0 Å². The fourth-order valence-corrected chi connectivity index (χ4v) is 2.45. The van der Waals surface area contributed by atoms with Crippen LogP contribution in [0.5, 0.6) is 0 Å². The van der Waals surface area contributed by atoms with Crippen molar-refractivity contribution < 1.29 is 13.9 Å². The average molecular weight is 375 g/mol. The van der Waals surface area contributed by atoms with E-state index in [1.165, 1.54) is 19.2 Å². The molecule has 0 unspecified atom stereocenters. The maximum atomic E-state index is 13.2. The van der Waals surface area contributed by atoms with E-state index in [1.807, 2.05) is 24.3 Å². The molecule has 1 heterocycles. The fourth-order valence-electron chi connectivity index (χ4n) is 2.18. The van der Waals surface area contributed by atoms with E-state index in [2.05, 4.69) is 20.9 Å². The van der Waals surface area contributed by atoms with Crippen molar-refractivity contribution in [1.29, 1.82) is 0 Å². The average Bonchev–Trinajstić information content (AvgIpc) is 3.01. The van der Waals surface area contributed by atoms with E-state index in [0.29, 0.717) is 11.4 Å². The zero-order valence-corrected chi connectivity index (χ0v) is 13.7. The lowest BCUT2D eigenvalue weighted by molar-refractivity contribution is 0.0594. The smallest absolute Gasteiger partial charge is 0.358 e. The van der Waals surface area contributed by atoms with Crippen LogP contribution < -0.4 is 0 Å². The van der Waals surface area contributed by atoms with Crippen LogP contribution in [0.3, 0.4) is 0 Å². The molecule has 0 aliphatic carbocycles. The Labute approximate surface area is 140 Å². The van der Waals surface area contributed by atoms with Gasteiger partial charge in [-0.15, -0.1) is 0 Å². The highest BCUT2D eigenvalue weighted by molar-refractivity contribution is 9.10. The summed E-state index contributed by atoms with van der Waals surface area (Å²) >= 11 is 3.39. The van der Waals surface area contributed by atoms with Crippen LogP contribution in [0, 0.1) is 5.82 Å². The lowest BCUT2D eigenvalue weighted by Gasteiger charge is -2.08. The zero-order valence-electron chi connectivity index (χ0n) is 12.2. The van der Waals surface area contributed by atoms with Gasteiger partial charge in [-0.2, -0.15) is 0 Å². The monoisotopic (exact) mass is 374 g/mol. The van der Waals surface area contributed by atoms with Crippen molar-refractivity contribution in [3.63, 3.8) is 0 Å². The Hall–Kier alpha value is -2.47. The van der Waals surface area contributed by atoms with Crippen molar-refractivity contribution in [2.45, 2.75) is 0 Å². The van der Waals surface area contributed by atoms with E-state index in [4.69, 9.17) is 4.74 Å². The molecule has 0 saturated heterocycles. The van der Waals surface area contributed by atoms with E-state index in [0.717, 1.165) is 10.2 Å². The maximum absolute atomic E-state index is 13.2. The molecule has 1 aromatic heterocycles. The molecule has 0 fully saturated rings. The second kappa shape index (κ2) is 6.34. The van der Waals surface area contributed by atoms with Crippen LogP contribution in [0.25, 0.3) is 17.1 Å². The molecule has 23 heavy (non-hydrogen) atoms. The second-order valence-corrected chi connectivity index (χ2v) is 5.71. The van der Waals surface area contributed by atoms with Crippen molar-refractivity contribution in [2.75, 3.05) is 7.11 Å². The van der Waals surface area contributed by atoms with E-state index >= 15 is 0 Å². The number of carbonyl (C=O) groups excluding carboxylic acids is 1. The normalized spacial score (nSPS) is 10.6. The lowest BCUT2D eigenvalue weighted by atomic mass is 10.2. The molecule has 0 bridgehead atoms. The molecular weight excluding hydrogens is 363 g/mol. The van der Waals surface area contributed by atoms with E-state index in [9.17, 15) is 9.18 Å². The summed E-state index contributed by atoms with van der Waals surface area (Å²) in [6.07, 6.45) is 1.60. The summed E-state index contributed by atoms with van der Waals surface area (Å²) in [5.41, 5.74) is 1.72. The molecule has 4 nitrogen and oxygen atoms in total. The largest absolute Gasteiger partial charge is 0.464 e. The molecule has 3 aromatic rings. The van der Waals surface area contributed by atoms with Crippen LogP contribution in [-0.4, -0.2) is 22.6 Å². The number of hydrogen-bond acceptors (Lipinski definition) is 3. The summed E-state index contributed by atoms with van der Waals surface area (Å²) < 4.78 is 20.6. The first kappa shape index (κ1) is 15.4. The Morgan fingerprint density at radius 3 is 2.39 bits per heavy atom. The molecule has 0 radical (unpaired) electrons. The SMILES string of the molecule is COC(=O)c1cn(-c2ccc(Br)cc2)c(-c2ccc(F)cc2)n1. The van der Waals surface area contributed by atoms with Gasteiger partial charge < -0.3 is 4.74 Å². The van der Waals surface area contributed by atoms with Gasteiger partial charge in [0.25, 0.3) is 0 Å². The number of rotatable bonds is 3. The minimum Gasteiger partial charge on any atom is -0.464 e. The van der Waals surface area contributed by atoms with Crippen LogP contribution in [0.4, 0.5) is 4.39 Å². The van der Waals surface area contributed by atoms with Crippen molar-refractivity contribution in [3.8, 4) is 17.1 Å². The van der Waals surface area contributed by atoms with E-state index in [1.54, 1.807) is 22.9 Å². The molecule has 0 aliphatic heterocycles. The fraction of sp³-hybridized carbons (Fsp3) is 0.0588. The summed E-state index contributed by atoms with van der Waals surface area (Å²) in [4.78, 5) is 16.1. The third-order valence-corrected chi connectivity index (χ3v) is 3.84. The molecular formula is C17H12BrFN2O2. The van der Waals surface area contributed by atoms with Gasteiger partial charge in [-0.1, -0.05) is 15.9 Å². The van der Waals surface area contributed by atoms with Crippen molar-refractivity contribution in [1.82, 2.24) is 9.55 Å². The van der Waals surface area contributed by atoms with Gasteiger partial charge in [-0.25, -0.2) is 14.2 Å². The third-order valence-electron chi connectivity index (χ3n) is 3.31. The van der Waals surface area contributed by atoms with Gasteiger partial charge in [-0.05, 0) is 48.5 Å². The number of esters is 1. The Morgan fingerprint density at radius 1 is 1.13 bits per heavy atom. The molecule has 116 valence electrons. The highest BCUT2D eigenvalue weighted by atomic mass is 79.9. The second-order valence-electron chi connectivity index (χ2n) is 4.79. The van der Waals surface area contributed by atoms with Gasteiger partial charge in [0.05, 0.1) is 7.11 Å². The summed E-state index contributed by atoms with van der Waals surface area (Å²) in [6.45, 7) is 0. The lowest BCUT2D eigenvalue weighted by Crippen LogP contribution is -2.01. The first-order valence-electron chi connectivity index (χ1n) is 6.78. The van der Waals surface area contributed by atoms with Gasteiger partial charge in [-0.3, -0.25) is 4.57 Å². The molecule has 3 rings (SSSR count). The van der Waals surface area contributed by atoms with Crippen LogP contribution in [0.1, 0.15) is 10.5 Å². The zero-order chi connectivity index (χ0) is 16.4. The maximum Gasteiger partial charge on any atom is 0.358 e. The van der Waals surface area contributed by atoms with Crippen LogP contribution in [0.2, 0.25) is 0 Å². The Balaban J connectivity index is 2.16. The summed E-state index contributed by atoms with van der Waals surface area (Å²) in [5, 5.41) is 0. The summed E-state index contributed by atoms with van der Waals surface area (Å²) in [6, 6.07) is 13.5. The number of imidazole rings is 1. The highest BCUT2D eigenvalue weighted by Crippen LogP contribution is 2.24. The molecule has 2 aromatic carbocycles. The quantitative estimate of drug-likeness (QED) is 0.644. The third kappa shape index (κ3) is 3.17. The predicted octanol–water partition coefficient (Wildman–Crippen LogP) is 4.23. The van der Waals surface area contributed by atoms with Gasteiger partial charge in [0, 0.05) is 21.9 Å². The van der Waals surface area contributed by atoms with Crippen molar-refractivity contribution >= 4 is 21.9 Å². The van der Waals surface area contributed by atoms with Gasteiger partial charge >= 0.3 is 5.97 Å².